The standard InChI is InChI=1S/C27H29BrFN3O5S/c1-4-37-24-12-14-25(15-13-24)38(35,36)32(23-10-8-22(29)9-11-23)18-26(33)31(19(2)27(34)30-3)17-20-6-5-7-21(28)16-20/h5-16,19H,4,17-18H2,1-3H3,(H,30,34)/t19-/m0/s1. The number of amides is 2. The molecule has 0 radical (unpaired) electrons. The van der Waals surface area contributed by atoms with E-state index in [0.29, 0.717) is 12.4 Å². The topological polar surface area (TPSA) is 96.0 Å². The molecule has 3 aromatic carbocycles. The van der Waals surface area contributed by atoms with Gasteiger partial charge in [-0.1, -0.05) is 28.1 Å². The molecule has 2 amide bonds. The van der Waals surface area contributed by atoms with Crippen LogP contribution in [0.4, 0.5) is 10.1 Å². The fraction of sp³-hybridized carbons (Fsp3) is 0.259. The molecule has 0 fully saturated rings. The van der Waals surface area contributed by atoms with E-state index >= 15 is 0 Å². The Balaban J connectivity index is 2.01. The van der Waals surface area contributed by atoms with E-state index in [-0.39, 0.29) is 17.1 Å². The molecule has 0 aliphatic heterocycles. The molecular weight excluding hydrogens is 577 g/mol. The number of rotatable bonds is 11. The lowest BCUT2D eigenvalue weighted by molar-refractivity contribution is -0.139. The maximum atomic E-state index is 13.7. The van der Waals surface area contributed by atoms with E-state index in [4.69, 9.17) is 4.74 Å². The van der Waals surface area contributed by atoms with Gasteiger partial charge < -0.3 is 15.0 Å². The van der Waals surface area contributed by atoms with Gasteiger partial charge in [-0.05, 0) is 80.1 Å². The Hall–Kier alpha value is -3.44. The number of nitrogens with zero attached hydrogens (tertiary/aromatic N) is 2. The summed E-state index contributed by atoms with van der Waals surface area (Å²) in [6.07, 6.45) is 0. The molecule has 0 aliphatic carbocycles. The average Bonchev–Trinajstić information content (AvgIpc) is 2.90. The van der Waals surface area contributed by atoms with Crippen LogP contribution in [-0.2, 0) is 26.2 Å². The van der Waals surface area contributed by atoms with Crippen molar-refractivity contribution in [3.8, 4) is 5.75 Å². The van der Waals surface area contributed by atoms with Crippen molar-refractivity contribution in [1.82, 2.24) is 10.2 Å². The summed E-state index contributed by atoms with van der Waals surface area (Å²) in [7, 11) is -2.80. The smallest absolute Gasteiger partial charge is 0.264 e. The molecule has 0 aromatic heterocycles. The van der Waals surface area contributed by atoms with Crippen LogP contribution in [0.5, 0.6) is 5.75 Å². The van der Waals surface area contributed by atoms with E-state index in [9.17, 15) is 22.4 Å². The van der Waals surface area contributed by atoms with Gasteiger partial charge in [0, 0.05) is 18.1 Å². The summed E-state index contributed by atoms with van der Waals surface area (Å²) >= 11 is 3.40. The van der Waals surface area contributed by atoms with Gasteiger partial charge in [0.1, 0.15) is 24.2 Å². The third-order valence-electron chi connectivity index (χ3n) is 5.77. The van der Waals surface area contributed by atoms with Crippen molar-refractivity contribution in [2.75, 3.05) is 24.5 Å². The minimum Gasteiger partial charge on any atom is -0.494 e. The highest BCUT2D eigenvalue weighted by Gasteiger charge is 2.32. The van der Waals surface area contributed by atoms with Crippen LogP contribution in [0.2, 0.25) is 0 Å². The van der Waals surface area contributed by atoms with Crippen molar-refractivity contribution < 1.29 is 27.1 Å². The summed E-state index contributed by atoms with van der Waals surface area (Å²) in [5.74, 6) is -1.07. The maximum Gasteiger partial charge on any atom is 0.264 e. The molecule has 38 heavy (non-hydrogen) atoms. The predicted octanol–water partition coefficient (Wildman–Crippen LogP) is 4.35. The van der Waals surface area contributed by atoms with Gasteiger partial charge in [-0.25, -0.2) is 12.8 Å². The molecule has 0 aliphatic rings. The quantitative estimate of drug-likeness (QED) is 0.351. The lowest BCUT2D eigenvalue weighted by Gasteiger charge is -2.31. The summed E-state index contributed by atoms with van der Waals surface area (Å²) in [5, 5.41) is 2.53. The molecule has 8 nitrogen and oxygen atoms in total. The minimum atomic E-state index is -4.26. The zero-order chi connectivity index (χ0) is 27.9. The van der Waals surface area contributed by atoms with Crippen molar-refractivity contribution >= 4 is 43.5 Å². The summed E-state index contributed by atoms with van der Waals surface area (Å²) in [5.41, 5.74) is 0.842. The summed E-state index contributed by atoms with van der Waals surface area (Å²) in [6.45, 7) is 3.24. The maximum absolute atomic E-state index is 13.7. The monoisotopic (exact) mass is 605 g/mol. The van der Waals surface area contributed by atoms with E-state index in [1.165, 1.54) is 48.3 Å². The number of sulfonamides is 1. The molecule has 0 bridgehead atoms. The average molecular weight is 607 g/mol. The largest absolute Gasteiger partial charge is 0.494 e. The van der Waals surface area contributed by atoms with E-state index in [1.54, 1.807) is 19.1 Å². The van der Waals surface area contributed by atoms with Crippen molar-refractivity contribution in [2.45, 2.75) is 31.3 Å². The Morgan fingerprint density at radius 1 is 1.05 bits per heavy atom. The Morgan fingerprint density at radius 2 is 1.71 bits per heavy atom. The number of halogens is 2. The van der Waals surface area contributed by atoms with E-state index in [0.717, 1.165) is 26.5 Å². The van der Waals surface area contributed by atoms with E-state index in [2.05, 4.69) is 21.2 Å². The fourth-order valence-corrected chi connectivity index (χ4v) is 5.62. The van der Waals surface area contributed by atoms with Gasteiger partial charge in [-0.2, -0.15) is 0 Å². The number of likely N-dealkylation sites (N-methyl/N-ethyl adjacent to an activating group) is 1. The van der Waals surface area contributed by atoms with Gasteiger partial charge >= 0.3 is 0 Å². The van der Waals surface area contributed by atoms with Crippen molar-refractivity contribution in [2.24, 2.45) is 0 Å². The first kappa shape index (κ1) is 29.1. The van der Waals surface area contributed by atoms with Gasteiger partial charge in [-0.15, -0.1) is 0 Å². The third kappa shape index (κ3) is 7.11. The first-order valence-electron chi connectivity index (χ1n) is 11.8. The van der Waals surface area contributed by atoms with Crippen LogP contribution >= 0.6 is 15.9 Å². The zero-order valence-electron chi connectivity index (χ0n) is 21.2. The van der Waals surface area contributed by atoms with Crippen LogP contribution in [0.1, 0.15) is 19.4 Å². The van der Waals surface area contributed by atoms with Crippen molar-refractivity contribution in [3.63, 3.8) is 0 Å². The van der Waals surface area contributed by atoms with Gasteiger partial charge in [0.15, 0.2) is 0 Å². The van der Waals surface area contributed by atoms with E-state index in [1.807, 2.05) is 19.1 Å². The Bertz CT molecular complexity index is 1370. The molecule has 0 saturated carbocycles. The molecular formula is C27H29BrFN3O5S. The molecule has 202 valence electrons. The van der Waals surface area contributed by atoms with E-state index < -0.39 is 40.2 Å². The number of benzene rings is 3. The third-order valence-corrected chi connectivity index (χ3v) is 8.05. The fourth-order valence-electron chi connectivity index (χ4n) is 3.76. The first-order chi connectivity index (χ1) is 18.1. The molecule has 3 aromatic rings. The summed E-state index contributed by atoms with van der Waals surface area (Å²) in [6, 6.07) is 17.0. The van der Waals surface area contributed by atoms with Gasteiger partial charge in [0.25, 0.3) is 10.0 Å². The second-order valence-corrected chi connectivity index (χ2v) is 11.1. The minimum absolute atomic E-state index is 0.0627. The number of hydrogen-bond acceptors (Lipinski definition) is 5. The summed E-state index contributed by atoms with van der Waals surface area (Å²) in [4.78, 5) is 27.4. The second kappa shape index (κ2) is 12.9. The summed E-state index contributed by atoms with van der Waals surface area (Å²) < 4.78 is 48.3. The second-order valence-electron chi connectivity index (χ2n) is 8.33. The Kier molecular flexibility index (Phi) is 9.87. The number of nitrogens with one attached hydrogen (secondary N) is 1. The molecule has 0 unspecified atom stereocenters. The van der Waals surface area contributed by atoms with Crippen LogP contribution in [0.25, 0.3) is 0 Å². The SMILES string of the molecule is CCOc1ccc(S(=O)(=O)N(CC(=O)N(Cc2cccc(Br)c2)[C@@H](C)C(=O)NC)c2ccc(F)cc2)cc1. The number of anilines is 1. The number of hydrogen-bond donors (Lipinski definition) is 1. The van der Waals surface area contributed by atoms with Crippen molar-refractivity contribution in [3.05, 3.63) is 88.6 Å². The molecule has 0 heterocycles. The Morgan fingerprint density at radius 3 is 2.29 bits per heavy atom. The lowest BCUT2D eigenvalue weighted by atomic mass is 10.1. The first-order valence-corrected chi connectivity index (χ1v) is 14.1. The highest BCUT2D eigenvalue weighted by Crippen LogP contribution is 2.26. The van der Waals surface area contributed by atoms with Gasteiger partial charge in [0.05, 0.1) is 17.2 Å². The highest BCUT2D eigenvalue weighted by molar-refractivity contribution is 9.10. The van der Waals surface area contributed by atoms with Gasteiger partial charge in [-0.3, -0.25) is 13.9 Å². The van der Waals surface area contributed by atoms with Crippen LogP contribution < -0.4 is 14.4 Å². The van der Waals surface area contributed by atoms with Crippen LogP contribution in [0, 0.1) is 5.82 Å². The lowest BCUT2D eigenvalue weighted by Crippen LogP contribution is -2.50. The molecule has 3 rings (SSSR count). The Labute approximate surface area is 230 Å². The van der Waals surface area contributed by atoms with Crippen LogP contribution in [0.3, 0.4) is 0 Å². The van der Waals surface area contributed by atoms with Crippen molar-refractivity contribution in [1.29, 1.82) is 0 Å². The predicted molar refractivity (Wildman–Crippen MR) is 147 cm³/mol. The molecule has 0 saturated heterocycles. The molecule has 1 N–H and O–H groups in total. The molecule has 1 atom stereocenters. The molecule has 11 heteroatoms. The zero-order valence-corrected chi connectivity index (χ0v) is 23.6. The number of ether oxygens (including phenoxy) is 1. The normalized spacial score (nSPS) is 11.9. The van der Waals surface area contributed by atoms with Gasteiger partial charge in [0.2, 0.25) is 11.8 Å². The highest BCUT2D eigenvalue weighted by atomic mass is 79.9. The van der Waals surface area contributed by atoms with Crippen LogP contribution in [0.15, 0.2) is 82.2 Å². The number of carbonyl (C=O) groups is 2. The number of carbonyl (C=O) groups excluding carboxylic acids is 2. The molecule has 0 spiro atoms. The van der Waals surface area contributed by atoms with Crippen LogP contribution in [-0.4, -0.2) is 51.4 Å².